The minimum Gasteiger partial charge on any atom is -0.334 e. The summed E-state index contributed by atoms with van der Waals surface area (Å²) in [5.74, 6) is 0.986. The van der Waals surface area contributed by atoms with Crippen LogP contribution < -0.4 is 5.56 Å². The molecule has 3 atom stereocenters. The van der Waals surface area contributed by atoms with Gasteiger partial charge in [-0.2, -0.15) is 0 Å². The van der Waals surface area contributed by atoms with Crippen molar-refractivity contribution in [2.75, 3.05) is 6.54 Å². The summed E-state index contributed by atoms with van der Waals surface area (Å²) in [5.41, 5.74) is 2.15. The van der Waals surface area contributed by atoms with E-state index >= 15 is 0 Å². The number of nitrogens with zero attached hydrogens (tertiary/aromatic N) is 3. The molecule has 2 aliphatic rings. The number of rotatable bonds is 2. The van der Waals surface area contributed by atoms with Crippen LogP contribution in [0, 0.1) is 18.8 Å². The van der Waals surface area contributed by atoms with E-state index in [0.29, 0.717) is 17.3 Å². The summed E-state index contributed by atoms with van der Waals surface area (Å²) in [4.78, 5) is 31.2. The van der Waals surface area contributed by atoms with E-state index in [1.54, 1.807) is 0 Å². The smallest absolute Gasteiger partial charge is 0.272 e. The van der Waals surface area contributed by atoms with Crippen LogP contribution in [0.25, 0.3) is 5.65 Å². The highest BCUT2D eigenvalue weighted by Crippen LogP contribution is 2.42. The Morgan fingerprint density at radius 3 is 2.87 bits per heavy atom. The quantitative estimate of drug-likeness (QED) is 0.922. The largest absolute Gasteiger partial charge is 0.334 e. The number of carbonyl (C=O) groups is 1. The molecular formula is C17H22N4O2. The highest BCUT2D eigenvalue weighted by Gasteiger charge is 2.44. The SMILES string of the molecule is Cc1cc(=O)n2[nH]c([C@@H]3CCCCN3C(=O)[C@H]3C[C@@H]3C)cc2n1. The lowest BCUT2D eigenvalue weighted by atomic mass is 9.98. The minimum absolute atomic E-state index is 0.0328. The number of nitrogens with one attached hydrogen (secondary N) is 1. The van der Waals surface area contributed by atoms with Crippen molar-refractivity contribution >= 4 is 11.6 Å². The number of amides is 1. The van der Waals surface area contributed by atoms with E-state index in [-0.39, 0.29) is 23.4 Å². The topological polar surface area (TPSA) is 70.5 Å². The van der Waals surface area contributed by atoms with Crippen molar-refractivity contribution in [2.45, 2.75) is 45.6 Å². The summed E-state index contributed by atoms with van der Waals surface area (Å²) in [6, 6.07) is 3.47. The number of hydrogen-bond donors (Lipinski definition) is 1. The first kappa shape index (κ1) is 14.5. The Morgan fingerprint density at radius 2 is 2.13 bits per heavy atom. The number of carbonyl (C=O) groups excluding carboxylic acids is 1. The molecule has 6 heteroatoms. The number of aryl methyl sites for hydroxylation is 1. The summed E-state index contributed by atoms with van der Waals surface area (Å²) in [6.07, 6.45) is 4.11. The van der Waals surface area contributed by atoms with Gasteiger partial charge in [-0.3, -0.25) is 14.7 Å². The molecule has 2 aromatic heterocycles. The van der Waals surface area contributed by atoms with Crippen molar-refractivity contribution in [1.29, 1.82) is 0 Å². The lowest BCUT2D eigenvalue weighted by Crippen LogP contribution is -2.39. The average molecular weight is 314 g/mol. The van der Waals surface area contributed by atoms with Crippen molar-refractivity contribution in [2.24, 2.45) is 11.8 Å². The van der Waals surface area contributed by atoms with E-state index in [1.165, 1.54) is 10.6 Å². The molecule has 6 nitrogen and oxygen atoms in total. The zero-order valence-corrected chi connectivity index (χ0v) is 13.6. The molecule has 1 aliphatic carbocycles. The normalized spacial score (nSPS) is 27.4. The first-order chi connectivity index (χ1) is 11.0. The molecule has 0 spiro atoms. The molecule has 23 heavy (non-hydrogen) atoms. The van der Waals surface area contributed by atoms with Crippen LogP contribution in [0.1, 0.15) is 50.0 Å². The zero-order chi connectivity index (χ0) is 16.1. The Kier molecular flexibility index (Phi) is 3.28. The van der Waals surface area contributed by atoms with Crippen molar-refractivity contribution in [3.63, 3.8) is 0 Å². The van der Waals surface area contributed by atoms with Gasteiger partial charge in [0, 0.05) is 30.3 Å². The molecule has 0 aromatic carbocycles. The highest BCUT2D eigenvalue weighted by molar-refractivity contribution is 5.82. The molecule has 1 aliphatic heterocycles. The van der Waals surface area contributed by atoms with E-state index in [9.17, 15) is 9.59 Å². The monoisotopic (exact) mass is 314 g/mol. The molecule has 1 N–H and O–H groups in total. The van der Waals surface area contributed by atoms with Crippen LogP contribution in [0.15, 0.2) is 16.9 Å². The molecule has 3 heterocycles. The number of likely N-dealkylation sites (tertiary alicyclic amines) is 1. The second-order valence-electron chi connectivity index (χ2n) is 7.00. The molecule has 1 saturated carbocycles. The van der Waals surface area contributed by atoms with Gasteiger partial charge in [0.2, 0.25) is 5.91 Å². The predicted octanol–water partition coefficient (Wildman–Crippen LogP) is 2.04. The van der Waals surface area contributed by atoms with Crippen molar-refractivity contribution < 1.29 is 4.79 Å². The minimum atomic E-state index is -0.108. The van der Waals surface area contributed by atoms with Crippen LogP contribution in [0.3, 0.4) is 0 Å². The van der Waals surface area contributed by atoms with Gasteiger partial charge in [-0.25, -0.2) is 9.50 Å². The standard InChI is InChI=1S/C17H22N4O2/c1-10-7-12(10)17(23)20-6-4-3-5-14(20)13-9-15-18-11(2)8-16(22)21(15)19-13/h8-10,12,14,19H,3-7H2,1-2H3/t10-,12-,14-/m0/s1. The Morgan fingerprint density at radius 1 is 1.35 bits per heavy atom. The molecule has 4 rings (SSSR count). The van der Waals surface area contributed by atoms with Gasteiger partial charge in [-0.15, -0.1) is 0 Å². The summed E-state index contributed by atoms with van der Waals surface area (Å²) < 4.78 is 1.47. The third-order valence-corrected chi connectivity index (χ3v) is 5.17. The van der Waals surface area contributed by atoms with Crippen LogP contribution in [-0.4, -0.2) is 31.9 Å². The molecule has 2 aromatic rings. The number of aromatic nitrogens is 3. The van der Waals surface area contributed by atoms with Crippen LogP contribution in [0.5, 0.6) is 0 Å². The molecule has 2 fully saturated rings. The number of fused-ring (bicyclic) bond motifs is 1. The lowest BCUT2D eigenvalue weighted by Gasteiger charge is -2.35. The van der Waals surface area contributed by atoms with E-state index in [4.69, 9.17) is 0 Å². The Hall–Kier alpha value is -2.11. The van der Waals surface area contributed by atoms with Gasteiger partial charge in [-0.1, -0.05) is 6.92 Å². The lowest BCUT2D eigenvalue weighted by molar-refractivity contribution is -0.136. The van der Waals surface area contributed by atoms with Crippen LogP contribution >= 0.6 is 0 Å². The van der Waals surface area contributed by atoms with Gasteiger partial charge >= 0.3 is 0 Å². The van der Waals surface area contributed by atoms with Gasteiger partial charge in [0.25, 0.3) is 5.56 Å². The average Bonchev–Trinajstić information content (AvgIpc) is 3.09. The predicted molar refractivity (Wildman–Crippen MR) is 86.1 cm³/mol. The van der Waals surface area contributed by atoms with Gasteiger partial charge < -0.3 is 4.90 Å². The third-order valence-electron chi connectivity index (χ3n) is 5.17. The van der Waals surface area contributed by atoms with Gasteiger partial charge in [0.15, 0.2) is 5.65 Å². The molecular weight excluding hydrogens is 292 g/mol. The highest BCUT2D eigenvalue weighted by atomic mass is 16.2. The van der Waals surface area contributed by atoms with E-state index in [0.717, 1.165) is 37.9 Å². The molecule has 1 amide bonds. The van der Waals surface area contributed by atoms with Crippen LogP contribution in [-0.2, 0) is 4.79 Å². The van der Waals surface area contributed by atoms with Crippen LogP contribution in [0.4, 0.5) is 0 Å². The maximum absolute atomic E-state index is 12.7. The van der Waals surface area contributed by atoms with E-state index in [1.807, 2.05) is 17.9 Å². The summed E-state index contributed by atoms with van der Waals surface area (Å²) in [6.45, 7) is 4.76. The number of aromatic amines is 1. The van der Waals surface area contributed by atoms with Crippen LogP contribution in [0.2, 0.25) is 0 Å². The Labute approximate surface area is 134 Å². The zero-order valence-electron chi connectivity index (χ0n) is 13.6. The molecule has 122 valence electrons. The first-order valence-corrected chi connectivity index (χ1v) is 8.44. The fourth-order valence-electron chi connectivity index (χ4n) is 3.70. The third kappa shape index (κ3) is 2.46. The number of piperidine rings is 1. The van der Waals surface area contributed by atoms with Gasteiger partial charge in [0.05, 0.1) is 11.7 Å². The summed E-state index contributed by atoms with van der Waals surface area (Å²) >= 11 is 0. The molecule has 0 unspecified atom stereocenters. The second-order valence-corrected chi connectivity index (χ2v) is 7.00. The Bertz CT molecular complexity index is 822. The number of hydrogen-bond acceptors (Lipinski definition) is 3. The van der Waals surface area contributed by atoms with E-state index < -0.39 is 0 Å². The molecule has 0 bridgehead atoms. The van der Waals surface area contributed by atoms with E-state index in [2.05, 4.69) is 17.0 Å². The van der Waals surface area contributed by atoms with Gasteiger partial charge in [0.1, 0.15) is 0 Å². The summed E-state index contributed by atoms with van der Waals surface area (Å²) in [5, 5.41) is 3.16. The first-order valence-electron chi connectivity index (χ1n) is 8.44. The van der Waals surface area contributed by atoms with Crippen molar-refractivity contribution in [3.8, 4) is 0 Å². The molecule has 0 radical (unpaired) electrons. The summed E-state index contributed by atoms with van der Waals surface area (Å²) in [7, 11) is 0. The second kappa shape index (κ2) is 5.22. The fraction of sp³-hybridized carbons (Fsp3) is 0.588. The molecule has 1 saturated heterocycles. The fourth-order valence-corrected chi connectivity index (χ4v) is 3.70. The van der Waals surface area contributed by atoms with Crippen molar-refractivity contribution in [3.05, 3.63) is 33.9 Å². The maximum Gasteiger partial charge on any atom is 0.272 e. The maximum atomic E-state index is 12.7. The Balaban J connectivity index is 1.70. The van der Waals surface area contributed by atoms with Gasteiger partial charge in [-0.05, 0) is 38.5 Å². The number of H-pyrrole nitrogens is 1. The van der Waals surface area contributed by atoms with Crippen molar-refractivity contribution in [1.82, 2.24) is 19.5 Å².